The van der Waals surface area contributed by atoms with E-state index in [1.165, 1.54) is 18.1 Å². The number of nitrogens with one attached hydrogen (secondary N) is 2. The van der Waals surface area contributed by atoms with Crippen LogP contribution < -0.4 is 5.32 Å². The quantitative estimate of drug-likeness (QED) is 0.882. The number of fused-ring (bicyclic) bond motifs is 1. The SMILES string of the molecule is CC(=O)Nc1ccc2c(c1)CC(CCc1nnn[nH]1)C2. The van der Waals surface area contributed by atoms with Crippen molar-refractivity contribution in [1.29, 1.82) is 0 Å². The summed E-state index contributed by atoms with van der Waals surface area (Å²) in [4.78, 5) is 11.1. The first kappa shape index (κ1) is 12.8. The molecule has 0 saturated carbocycles. The van der Waals surface area contributed by atoms with Gasteiger partial charge in [-0.3, -0.25) is 4.79 Å². The summed E-state index contributed by atoms with van der Waals surface area (Å²) in [6.07, 6.45) is 4.10. The minimum Gasteiger partial charge on any atom is -0.326 e. The highest BCUT2D eigenvalue weighted by atomic mass is 16.1. The summed E-state index contributed by atoms with van der Waals surface area (Å²) >= 11 is 0. The second-order valence-corrected chi connectivity index (χ2v) is 5.33. The lowest BCUT2D eigenvalue weighted by Crippen LogP contribution is -2.05. The number of aromatic nitrogens is 4. The van der Waals surface area contributed by atoms with Crippen LogP contribution in [0.3, 0.4) is 0 Å². The van der Waals surface area contributed by atoms with Crippen LogP contribution >= 0.6 is 0 Å². The van der Waals surface area contributed by atoms with Crippen LogP contribution in [0.5, 0.6) is 0 Å². The molecule has 0 radical (unpaired) electrons. The zero-order valence-corrected chi connectivity index (χ0v) is 11.4. The van der Waals surface area contributed by atoms with Crippen LogP contribution in [0.4, 0.5) is 5.69 Å². The summed E-state index contributed by atoms with van der Waals surface area (Å²) in [5.74, 6) is 1.44. The minimum atomic E-state index is -0.0303. The highest BCUT2D eigenvalue weighted by molar-refractivity contribution is 5.88. The van der Waals surface area contributed by atoms with E-state index in [1.54, 1.807) is 0 Å². The third-order valence-corrected chi connectivity index (χ3v) is 3.72. The van der Waals surface area contributed by atoms with Gasteiger partial charge < -0.3 is 5.32 Å². The Labute approximate surface area is 117 Å². The van der Waals surface area contributed by atoms with Gasteiger partial charge in [0.25, 0.3) is 0 Å². The molecule has 0 aliphatic heterocycles. The van der Waals surface area contributed by atoms with Crippen LogP contribution in [0.2, 0.25) is 0 Å². The normalized spacial score (nSPS) is 16.9. The second-order valence-electron chi connectivity index (χ2n) is 5.33. The summed E-state index contributed by atoms with van der Waals surface area (Å²) in [6, 6.07) is 6.19. The van der Waals surface area contributed by atoms with E-state index in [0.29, 0.717) is 5.92 Å². The lowest BCUT2D eigenvalue weighted by atomic mass is 10.00. The smallest absolute Gasteiger partial charge is 0.221 e. The monoisotopic (exact) mass is 271 g/mol. The fourth-order valence-corrected chi connectivity index (χ4v) is 2.82. The third kappa shape index (κ3) is 2.84. The van der Waals surface area contributed by atoms with E-state index in [2.05, 4.69) is 38.1 Å². The van der Waals surface area contributed by atoms with Crippen molar-refractivity contribution < 1.29 is 4.79 Å². The van der Waals surface area contributed by atoms with Crippen molar-refractivity contribution in [3.05, 3.63) is 35.2 Å². The zero-order chi connectivity index (χ0) is 13.9. The standard InChI is InChI=1S/C14H17N5O/c1-9(20)15-13-4-3-11-6-10(7-12(11)8-13)2-5-14-16-18-19-17-14/h3-4,8,10H,2,5-7H2,1H3,(H,15,20)(H,16,17,18,19). The zero-order valence-electron chi connectivity index (χ0n) is 11.4. The number of benzene rings is 1. The summed E-state index contributed by atoms with van der Waals surface area (Å²) < 4.78 is 0. The van der Waals surface area contributed by atoms with Gasteiger partial charge in [-0.1, -0.05) is 6.07 Å². The van der Waals surface area contributed by atoms with E-state index >= 15 is 0 Å². The second kappa shape index (κ2) is 5.40. The summed E-state index contributed by atoms with van der Waals surface area (Å²) in [5, 5.41) is 16.7. The fraction of sp³-hybridized carbons (Fsp3) is 0.429. The molecule has 1 unspecified atom stereocenters. The maximum atomic E-state index is 11.1. The number of nitrogens with zero attached hydrogens (tertiary/aromatic N) is 3. The van der Waals surface area contributed by atoms with Gasteiger partial charge in [0.2, 0.25) is 5.91 Å². The van der Waals surface area contributed by atoms with Gasteiger partial charge in [0.15, 0.2) is 0 Å². The van der Waals surface area contributed by atoms with Gasteiger partial charge in [0, 0.05) is 19.0 Å². The van der Waals surface area contributed by atoms with Gasteiger partial charge in [-0.25, -0.2) is 5.10 Å². The van der Waals surface area contributed by atoms with E-state index in [4.69, 9.17) is 0 Å². The topological polar surface area (TPSA) is 83.6 Å². The number of rotatable bonds is 4. The predicted molar refractivity (Wildman–Crippen MR) is 74.1 cm³/mol. The molecule has 1 amide bonds. The molecule has 0 spiro atoms. The van der Waals surface area contributed by atoms with Crippen LogP contribution in [-0.4, -0.2) is 26.5 Å². The number of hydrogen-bond donors (Lipinski definition) is 2. The molecule has 20 heavy (non-hydrogen) atoms. The van der Waals surface area contributed by atoms with Crippen molar-refractivity contribution in [2.75, 3.05) is 5.32 Å². The highest BCUT2D eigenvalue weighted by Gasteiger charge is 2.21. The molecule has 6 heteroatoms. The Morgan fingerprint density at radius 1 is 1.40 bits per heavy atom. The molecule has 3 rings (SSSR count). The Balaban J connectivity index is 1.61. The molecule has 1 aliphatic rings. The number of tetrazole rings is 1. The summed E-state index contributed by atoms with van der Waals surface area (Å²) in [7, 11) is 0. The minimum absolute atomic E-state index is 0.0303. The van der Waals surface area contributed by atoms with E-state index in [9.17, 15) is 4.79 Å². The molecular weight excluding hydrogens is 254 g/mol. The number of aromatic amines is 1. The van der Waals surface area contributed by atoms with Crippen molar-refractivity contribution in [3.8, 4) is 0 Å². The lowest BCUT2D eigenvalue weighted by Gasteiger charge is -2.06. The van der Waals surface area contributed by atoms with Crippen molar-refractivity contribution in [3.63, 3.8) is 0 Å². The Hall–Kier alpha value is -2.24. The van der Waals surface area contributed by atoms with E-state index in [1.807, 2.05) is 6.07 Å². The van der Waals surface area contributed by atoms with Crippen molar-refractivity contribution >= 4 is 11.6 Å². The van der Waals surface area contributed by atoms with E-state index in [-0.39, 0.29) is 5.91 Å². The molecule has 1 aromatic carbocycles. The highest BCUT2D eigenvalue weighted by Crippen LogP contribution is 2.31. The molecule has 2 aromatic rings. The van der Waals surface area contributed by atoms with Gasteiger partial charge in [0.1, 0.15) is 5.82 Å². The van der Waals surface area contributed by atoms with Crippen molar-refractivity contribution in [1.82, 2.24) is 20.6 Å². The Morgan fingerprint density at radius 2 is 2.25 bits per heavy atom. The van der Waals surface area contributed by atoms with E-state index in [0.717, 1.165) is 37.2 Å². The number of carbonyl (C=O) groups is 1. The molecule has 104 valence electrons. The first-order valence-electron chi connectivity index (χ1n) is 6.82. The number of carbonyl (C=O) groups excluding carboxylic acids is 1. The average molecular weight is 271 g/mol. The summed E-state index contributed by atoms with van der Waals surface area (Å²) in [5.41, 5.74) is 3.62. The van der Waals surface area contributed by atoms with Gasteiger partial charge in [-0.2, -0.15) is 0 Å². The van der Waals surface area contributed by atoms with Crippen LogP contribution in [-0.2, 0) is 24.1 Å². The van der Waals surface area contributed by atoms with Crippen LogP contribution in [0.15, 0.2) is 18.2 Å². The number of anilines is 1. The fourth-order valence-electron chi connectivity index (χ4n) is 2.82. The van der Waals surface area contributed by atoms with Crippen molar-refractivity contribution in [2.24, 2.45) is 5.92 Å². The molecule has 0 saturated heterocycles. The van der Waals surface area contributed by atoms with Gasteiger partial charge in [0.05, 0.1) is 0 Å². The van der Waals surface area contributed by atoms with Gasteiger partial charge >= 0.3 is 0 Å². The maximum absolute atomic E-state index is 11.1. The Morgan fingerprint density at radius 3 is 3.00 bits per heavy atom. The van der Waals surface area contributed by atoms with Crippen LogP contribution in [0, 0.1) is 5.92 Å². The van der Waals surface area contributed by atoms with E-state index < -0.39 is 0 Å². The van der Waals surface area contributed by atoms with Crippen LogP contribution in [0.25, 0.3) is 0 Å². The van der Waals surface area contributed by atoms with Crippen LogP contribution in [0.1, 0.15) is 30.3 Å². The lowest BCUT2D eigenvalue weighted by molar-refractivity contribution is -0.114. The maximum Gasteiger partial charge on any atom is 0.221 e. The molecule has 1 aromatic heterocycles. The molecule has 1 atom stereocenters. The number of aryl methyl sites for hydroxylation is 1. The number of amides is 1. The number of H-pyrrole nitrogens is 1. The first-order chi connectivity index (χ1) is 9.70. The molecule has 1 aliphatic carbocycles. The third-order valence-electron chi connectivity index (χ3n) is 3.72. The molecule has 1 heterocycles. The summed E-state index contributed by atoms with van der Waals surface area (Å²) in [6.45, 7) is 1.53. The Bertz CT molecular complexity index is 608. The molecule has 6 nitrogen and oxygen atoms in total. The molecular formula is C14H17N5O. The average Bonchev–Trinajstić information content (AvgIpc) is 3.04. The predicted octanol–water partition coefficient (Wildman–Crippen LogP) is 1.51. The Kier molecular flexibility index (Phi) is 3.45. The van der Waals surface area contributed by atoms with Gasteiger partial charge in [-0.15, -0.1) is 5.10 Å². The molecule has 2 N–H and O–H groups in total. The number of hydrogen-bond acceptors (Lipinski definition) is 4. The molecule has 0 bridgehead atoms. The van der Waals surface area contributed by atoms with Crippen molar-refractivity contribution in [2.45, 2.75) is 32.6 Å². The largest absolute Gasteiger partial charge is 0.326 e. The first-order valence-corrected chi connectivity index (χ1v) is 6.82. The van der Waals surface area contributed by atoms with Gasteiger partial charge in [-0.05, 0) is 58.9 Å². The molecule has 0 fully saturated rings.